The molecule has 0 aliphatic heterocycles. The van der Waals surface area contributed by atoms with Crippen LogP contribution in [0.5, 0.6) is 0 Å². The van der Waals surface area contributed by atoms with Crippen molar-refractivity contribution in [3.8, 4) is 0 Å². The molecule has 3 rings (SSSR count). The molecule has 0 fully saturated rings. The van der Waals surface area contributed by atoms with Crippen LogP contribution in [0.4, 0.5) is 5.69 Å². The molecule has 1 aromatic carbocycles. The predicted octanol–water partition coefficient (Wildman–Crippen LogP) is 4.03. The van der Waals surface area contributed by atoms with E-state index in [4.69, 9.17) is 0 Å². The van der Waals surface area contributed by atoms with E-state index in [1.165, 1.54) is 16.8 Å². The molecule has 4 nitrogen and oxygen atoms in total. The Kier molecular flexibility index (Phi) is 3.68. The number of hydrogen-bond donors (Lipinski definition) is 1. The molecule has 0 spiro atoms. The molecule has 2 heterocycles. The number of anilines is 1. The van der Waals surface area contributed by atoms with Crippen molar-refractivity contribution in [1.29, 1.82) is 0 Å². The SMILES string of the molecule is Cc1cc2ncc(CNc3c(C)cc(Br)cc3C)cn2n1. The van der Waals surface area contributed by atoms with Crippen LogP contribution in [0.2, 0.25) is 0 Å². The van der Waals surface area contributed by atoms with Gasteiger partial charge in [0.15, 0.2) is 5.65 Å². The van der Waals surface area contributed by atoms with Crippen molar-refractivity contribution < 1.29 is 0 Å². The number of nitrogens with zero attached hydrogens (tertiary/aromatic N) is 3. The Morgan fingerprint density at radius 2 is 1.86 bits per heavy atom. The van der Waals surface area contributed by atoms with Gasteiger partial charge in [-0.15, -0.1) is 0 Å². The molecule has 1 N–H and O–H groups in total. The standard InChI is InChI=1S/C16H17BrN4/c1-10-4-14(17)5-11(2)16(10)19-8-13-7-18-15-6-12(3)20-21(15)9-13/h4-7,9,19H,8H2,1-3H3. The molecule has 3 aromatic rings. The van der Waals surface area contributed by atoms with E-state index in [2.05, 4.69) is 57.3 Å². The number of benzene rings is 1. The van der Waals surface area contributed by atoms with Gasteiger partial charge in [0.2, 0.25) is 0 Å². The van der Waals surface area contributed by atoms with Crippen LogP contribution in [-0.2, 0) is 6.54 Å². The van der Waals surface area contributed by atoms with Crippen LogP contribution in [0.15, 0.2) is 35.1 Å². The van der Waals surface area contributed by atoms with Crippen LogP contribution < -0.4 is 5.32 Å². The maximum atomic E-state index is 4.43. The lowest BCUT2D eigenvalue weighted by Crippen LogP contribution is -2.05. The molecule has 0 saturated carbocycles. The average Bonchev–Trinajstić information content (AvgIpc) is 2.76. The Morgan fingerprint density at radius 3 is 2.57 bits per heavy atom. The van der Waals surface area contributed by atoms with Gasteiger partial charge in [-0.25, -0.2) is 9.50 Å². The average molecular weight is 345 g/mol. The van der Waals surface area contributed by atoms with Gasteiger partial charge in [-0.1, -0.05) is 15.9 Å². The van der Waals surface area contributed by atoms with Crippen LogP contribution in [0.1, 0.15) is 22.4 Å². The van der Waals surface area contributed by atoms with Crippen molar-refractivity contribution >= 4 is 27.3 Å². The van der Waals surface area contributed by atoms with Gasteiger partial charge < -0.3 is 5.32 Å². The maximum absolute atomic E-state index is 4.43. The van der Waals surface area contributed by atoms with Crippen molar-refractivity contribution in [2.45, 2.75) is 27.3 Å². The summed E-state index contributed by atoms with van der Waals surface area (Å²) in [5.74, 6) is 0. The van der Waals surface area contributed by atoms with Gasteiger partial charge in [0.05, 0.1) is 5.69 Å². The lowest BCUT2D eigenvalue weighted by atomic mass is 10.1. The van der Waals surface area contributed by atoms with Crippen molar-refractivity contribution in [2.75, 3.05) is 5.32 Å². The summed E-state index contributed by atoms with van der Waals surface area (Å²) < 4.78 is 2.94. The second kappa shape index (κ2) is 5.48. The Bertz CT molecular complexity index is 784. The van der Waals surface area contributed by atoms with E-state index in [-0.39, 0.29) is 0 Å². The van der Waals surface area contributed by atoms with Crippen LogP contribution in [-0.4, -0.2) is 14.6 Å². The highest BCUT2D eigenvalue weighted by Gasteiger charge is 2.05. The van der Waals surface area contributed by atoms with E-state index in [1.807, 2.05) is 29.9 Å². The number of nitrogens with one attached hydrogen (secondary N) is 1. The third-order valence-electron chi connectivity index (χ3n) is 3.46. The minimum Gasteiger partial charge on any atom is -0.380 e. The molecule has 0 aliphatic rings. The predicted molar refractivity (Wildman–Crippen MR) is 88.7 cm³/mol. The van der Waals surface area contributed by atoms with Crippen LogP contribution in [0, 0.1) is 20.8 Å². The smallest absolute Gasteiger partial charge is 0.155 e. The van der Waals surface area contributed by atoms with Gasteiger partial charge >= 0.3 is 0 Å². The zero-order valence-corrected chi connectivity index (χ0v) is 13.9. The largest absolute Gasteiger partial charge is 0.380 e. The van der Waals surface area contributed by atoms with Crippen LogP contribution in [0.3, 0.4) is 0 Å². The van der Waals surface area contributed by atoms with E-state index >= 15 is 0 Å². The first kappa shape index (κ1) is 14.1. The molecular formula is C16H17BrN4. The number of rotatable bonds is 3. The van der Waals surface area contributed by atoms with E-state index in [0.29, 0.717) is 0 Å². The molecule has 0 amide bonds. The summed E-state index contributed by atoms with van der Waals surface area (Å²) in [6.45, 7) is 6.92. The second-order valence-corrected chi connectivity index (χ2v) is 6.23. The summed E-state index contributed by atoms with van der Waals surface area (Å²) in [4.78, 5) is 4.43. The lowest BCUT2D eigenvalue weighted by molar-refractivity contribution is 0.895. The molecule has 0 saturated heterocycles. The van der Waals surface area contributed by atoms with Gasteiger partial charge in [0, 0.05) is 40.7 Å². The molecule has 108 valence electrons. The fourth-order valence-corrected chi connectivity index (χ4v) is 3.19. The third kappa shape index (κ3) is 2.93. The van der Waals surface area contributed by atoms with Crippen molar-refractivity contribution in [1.82, 2.24) is 14.6 Å². The molecular weight excluding hydrogens is 328 g/mol. The molecule has 2 aromatic heterocycles. The number of halogens is 1. The number of aryl methyl sites for hydroxylation is 3. The highest BCUT2D eigenvalue weighted by molar-refractivity contribution is 9.10. The lowest BCUT2D eigenvalue weighted by Gasteiger charge is -2.13. The van der Waals surface area contributed by atoms with E-state index in [9.17, 15) is 0 Å². The quantitative estimate of drug-likeness (QED) is 0.779. The molecule has 21 heavy (non-hydrogen) atoms. The minimum absolute atomic E-state index is 0.727. The fourth-order valence-electron chi connectivity index (χ4n) is 2.51. The van der Waals surface area contributed by atoms with E-state index in [1.54, 1.807) is 0 Å². The van der Waals surface area contributed by atoms with Crippen LogP contribution in [0.25, 0.3) is 5.65 Å². The van der Waals surface area contributed by atoms with Gasteiger partial charge in [-0.2, -0.15) is 5.10 Å². The van der Waals surface area contributed by atoms with Gasteiger partial charge in [0.25, 0.3) is 0 Å². The Labute approximate surface area is 132 Å². The Balaban J connectivity index is 1.83. The monoisotopic (exact) mass is 344 g/mol. The summed E-state index contributed by atoms with van der Waals surface area (Å²) in [6.07, 6.45) is 3.92. The van der Waals surface area contributed by atoms with Gasteiger partial charge in [0.1, 0.15) is 0 Å². The van der Waals surface area contributed by atoms with Crippen molar-refractivity contribution in [2.24, 2.45) is 0 Å². The zero-order chi connectivity index (χ0) is 15.0. The maximum Gasteiger partial charge on any atom is 0.155 e. The number of fused-ring (bicyclic) bond motifs is 1. The molecule has 0 atom stereocenters. The van der Waals surface area contributed by atoms with Crippen LogP contribution >= 0.6 is 15.9 Å². The zero-order valence-electron chi connectivity index (χ0n) is 12.3. The molecule has 0 bridgehead atoms. The summed E-state index contributed by atoms with van der Waals surface area (Å²) >= 11 is 3.52. The fraction of sp³-hybridized carbons (Fsp3) is 0.250. The first-order valence-electron chi connectivity index (χ1n) is 6.84. The summed E-state index contributed by atoms with van der Waals surface area (Å²) in [6, 6.07) is 6.21. The third-order valence-corrected chi connectivity index (χ3v) is 3.91. The molecule has 5 heteroatoms. The van der Waals surface area contributed by atoms with Gasteiger partial charge in [-0.3, -0.25) is 0 Å². The first-order valence-corrected chi connectivity index (χ1v) is 7.64. The van der Waals surface area contributed by atoms with E-state index in [0.717, 1.165) is 27.9 Å². The minimum atomic E-state index is 0.727. The van der Waals surface area contributed by atoms with Crippen molar-refractivity contribution in [3.63, 3.8) is 0 Å². The highest BCUT2D eigenvalue weighted by atomic mass is 79.9. The van der Waals surface area contributed by atoms with Crippen molar-refractivity contribution in [3.05, 3.63) is 57.4 Å². The summed E-state index contributed by atoms with van der Waals surface area (Å²) in [5.41, 5.74) is 6.60. The van der Waals surface area contributed by atoms with Gasteiger partial charge in [-0.05, 0) is 44.0 Å². The molecule has 0 unspecified atom stereocenters. The number of hydrogen-bond acceptors (Lipinski definition) is 3. The summed E-state index contributed by atoms with van der Waals surface area (Å²) in [5, 5.41) is 7.89. The second-order valence-electron chi connectivity index (χ2n) is 5.32. The first-order chi connectivity index (χ1) is 10.0. The highest BCUT2D eigenvalue weighted by Crippen LogP contribution is 2.25. The summed E-state index contributed by atoms with van der Waals surface area (Å²) in [7, 11) is 0. The Hall–Kier alpha value is -1.88. The molecule has 0 radical (unpaired) electrons. The number of aromatic nitrogens is 3. The topological polar surface area (TPSA) is 42.2 Å². The normalized spacial score (nSPS) is 11.0. The Morgan fingerprint density at radius 1 is 1.14 bits per heavy atom. The van der Waals surface area contributed by atoms with E-state index < -0.39 is 0 Å². The molecule has 0 aliphatic carbocycles.